The van der Waals surface area contributed by atoms with E-state index in [9.17, 15) is 9.18 Å². The lowest BCUT2D eigenvalue weighted by atomic mass is 9.95. The zero-order valence-corrected chi connectivity index (χ0v) is 16.4. The summed E-state index contributed by atoms with van der Waals surface area (Å²) in [6.45, 7) is 1.23. The molecule has 1 aliphatic carbocycles. The van der Waals surface area contributed by atoms with Crippen LogP contribution in [-0.4, -0.2) is 44.0 Å². The van der Waals surface area contributed by atoms with Crippen molar-refractivity contribution in [1.29, 1.82) is 0 Å². The smallest absolute Gasteiger partial charge is 0.241 e. The average Bonchev–Trinajstić information content (AvgIpc) is 3.49. The Kier molecular flexibility index (Phi) is 6.29. The number of hydrogen-bond donors (Lipinski definition) is 2. The molecular formula is C22H27FN4O. The van der Waals surface area contributed by atoms with Crippen LogP contribution in [0.2, 0.25) is 0 Å². The number of nitrogens with one attached hydrogen (secondary N) is 2. The fourth-order valence-corrected chi connectivity index (χ4v) is 3.08. The first-order valence-corrected chi connectivity index (χ1v) is 9.51. The fourth-order valence-electron chi connectivity index (χ4n) is 3.08. The SMILES string of the molecule is CN(C)C(=O)CNC(=NCc1ccccc1)NCC1(c2ccccc2F)CC1. The number of aliphatic imine (C=N–C) groups is 1. The van der Waals surface area contributed by atoms with Crippen LogP contribution in [0.5, 0.6) is 0 Å². The van der Waals surface area contributed by atoms with E-state index in [1.807, 2.05) is 42.5 Å². The Morgan fingerprint density at radius 1 is 1.07 bits per heavy atom. The molecule has 1 aliphatic rings. The second-order valence-electron chi connectivity index (χ2n) is 7.41. The van der Waals surface area contributed by atoms with Crippen LogP contribution in [0.25, 0.3) is 0 Å². The summed E-state index contributed by atoms with van der Waals surface area (Å²) in [6.07, 6.45) is 1.87. The number of carbonyl (C=O) groups is 1. The summed E-state index contributed by atoms with van der Waals surface area (Å²) in [7, 11) is 3.44. The maximum atomic E-state index is 14.2. The maximum Gasteiger partial charge on any atom is 0.241 e. The lowest BCUT2D eigenvalue weighted by Crippen LogP contribution is -2.45. The van der Waals surface area contributed by atoms with E-state index in [1.54, 1.807) is 20.2 Å². The molecule has 28 heavy (non-hydrogen) atoms. The largest absolute Gasteiger partial charge is 0.355 e. The summed E-state index contributed by atoms with van der Waals surface area (Å²) in [6, 6.07) is 16.9. The molecule has 148 valence electrons. The third-order valence-electron chi connectivity index (χ3n) is 5.06. The summed E-state index contributed by atoms with van der Waals surface area (Å²) < 4.78 is 14.2. The van der Waals surface area contributed by atoms with E-state index in [4.69, 9.17) is 0 Å². The molecule has 0 atom stereocenters. The number of halogens is 1. The molecule has 0 heterocycles. The van der Waals surface area contributed by atoms with Crippen LogP contribution in [0.3, 0.4) is 0 Å². The minimum absolute atomic E-state index is 0.0375. The van der Waals surface area contributed by atoms with Crippen LogP contribution in [-0.2, 0) is 16.8 Å². The number of nitrogens with zero attached hydrogens (tertiary/aromatic N) is 2. The van der Waals surface area contributed by atoms with Crippen LogP contribution >= 0.6 is 0 Å². The molecule has 3 rings (SSSR count). The van der Waals surface area contributed by atoms with E-state index in [0.717, 1.165) is 24.0 Å². The summed E-state index contributed by atoms with van der Waals surface area (Å²) in [4.78, 5) is 18.1. The van der Waals surface area contributed by atoms with Crippen LogP contribution in [0.15, 0.2) is 59.6 Å². The zero-order valence-electron chi connectivity index (χ0n) is 16.4. The third-order valence-corrected chi connectivity index (χ3v) is 5.06. The van der Waals surface area contributed by atoms with Gasteiger partial charge < -0.3 is 15.5 Å². The fraction of sp³-hybridized carbons (Fsp3) is 0.364. The Balaban J connectivity index is 1.68. The number of rotatable bonds is 7. The number of benzene rings is 2. The Morgan fingerprint density at radius 2 is 1.75 bits per heavy atom. The van der Waals surface area contributed by atoms with Gasteiger partial charge >= 0.3 is 0 Å². The second-order valence-corrected chi connectivity index (χ2v) is 7.41. The molecule has 2 N–H and O–H groups in total. The first kappa shape index (κ1) is 19.9. The molecular weight excluding hydrogens is 355 g/mol. The first-order valence-electron chi connectivity index (χ1n) is 9.51. The molecule has 0 aliphatic heterocycles. The van der Waals surface area contributed by atoms with Crippen molar-refractivity contribution >= 4 is 11.9 Å². The van der Waals surface area contributed by atoms with Gasteiger partial charge in [0.1, 0.15) is 5.82 Å². The molecule has 0 radical (unpaired) electrons. The maximum absolute atomic E-state index is 14.2. The van der Waals surface area contributed by atoms with Crippen LogP contribution < -0.4 is 10.6 Å². The van der Waals surface area contributed by atoms with Crippen molar-refractivity contribution < 1.29 is 9.18 Å². The van der Waals surface area contributed by atoms with Gasteiger partial charge in [0, 0.05) is 26.1 Å². The van der Waals surface area contributed by atoms with Gasteiger partial charge in [-0.2, -0.15) is 0 Å². The van der Waals surface area contributed by atoms with E-state index in [0.29, 0.717) is 19.0 Å². The first-order chi connectivity index (χ1) is 13.5. The Hall–Kier alpha value is -2.89. The highest BCUT2D eigenvalue weighted by molar-refractivity contribution is 5.86. The lowest BCUT2D eigenvalue weighted by Gasteiger charge is -2.20. The van der Waals surface area contributed by atoms with Crippen molar-refractivity contribution in [3.63, 3.8) is 0 Å². The van der Waals surface area contributed by atoms with Crippen molar-refractivity contribution in [2.24, 2.45) is 4.99 Å². The van der Waals surface area contributed by atoms with Gasteiger partial charge in [0.05, 0.1) is 13.1 Å². The Bertz CT molecular complexity index is 831. The molecule has 2 aromatic rings. The quantitative estimate of drug-likeness (QED) is 0.572. The Labute approximate surface area is 165 Å². The highest BCUT2D eigenvalue weighted by atomic mass is 19.1. The monoisotopic (exact) mass is 382 g/mol. The van der Waals surface area contributed by atoms with E-state index in [1.165, 1.54) is 11.0 Å². The van der Waals surface area contributed by atoms with Crippen molar-refractivity contribution in [1.82, 2.24) is 15.5 Å². The number of likely N-dealkylation sites (N-methyl/N-ethyl adjacent to an activating group) is 1. The molecule has 1 fully saturated rings. The summed E-state index contributed by atoms with van der Waals surface area (Å²) in [5, 5.41) is 6.41. The van der Waals surface area contributed by atoms with Gasteiger partial charge in [0.15, 0.2) is 5.96 Å². The van der Waals surface area contributed by atoms with E-state index in [-0.39, 0.29) is 23.7 Å². The molecule has 6 heteroatoms. The normalized spacial score (nSPS) is 15.0. The Morgan fingerprint density at radius 3 is 2.39 bits per heavy atom. The number of amides is 1. The predicted octanol–water partition coefficient (Wildman–Crippen LogP) is 2.68. The molecule has 0 aromatic heterocycles. The average molecular weight is 382 g/mol. The third kappa shape index (κ3) is 5.09. The van der Waals surface area contributed by atoms with Gasteiger partial charge in [0.2, 0.25) is 5.91 Å². The van der Waals surface area contributed by atoms with Gasteiger partial charge in [-0.15, -0.1) is 0 Å². The van der Waals surface area contributed by atoms with Crippen molar-refractivity contribution in [3.8, 4) is 0 Å². The minimum Gasteiger partial charge on any atom is -0.355 e. The van der Waals surface area contributed by atoms with Gasteiger partial charge in [-0.3, -0.25) is 4.79 Å². The van der Waals surface area contributed by atoms with Crippen LogP contribution in [0.1, 0.15) is 24.0 Å². The highest BCUT2D eigenvalue weighted by Crippen LogP contribution is 2.48. The van der Waals surface area contributed by atoms with Crippen LogP contribution in [0.4, 0.5) is 4.39 Å². The van der Waals surface area contributed by atoms with E-state index < -0.39 is 0 Å². The molecule has 0 spiro atoms. The van der Waals surface area contributed by atoms with E-state index >= 15 is 0 Å². The van der Waals surface area contributed by atoms with E-state index in [2.05, 4.69) is 15.6 Å². The van der Waals surface area contributed by atoms with Crippen molar-refractivity contribution in [3.05, 3.63) is 71.5 Å². The van der Waals surface area contributed by atoms with Gasteiger partial charge in [-0.1, -0.05) is 48.5 Å². The molecule has 0 bridgehead atoms. The summed E-state index contributed by atoms with van der Waals surface area (Å²) in [5.74, 6) is 0.353. The second kappa shape index (κ2) is 8.87. The summed E-state index contributed by atoms with van der Waals surface area (Å²) >= 11 is 0. The standard InChI is InChI=1S/C22H27FN4O/c1-27(2)20(28)15-25-21(24-14-17-8-4-3-5-9-17)26-16-22(12-13-22)18-10-6-7-11-19(18)23/h3-11H,12-16H2,1-2H3,(H2,24,25,26). The van der Waals surface area contributed by atoms with Gasteiger partial charge in [0.25, 0.3) is 0 Å². The number of guanidine groups is 1. The molecule has 5 nitrogen and oxygen atoms in total. The molecule has 0 saturated heterocycles. The summed E-state index contributed by atoms with van der Waals surface area (Å²) in [5.41, 5.74) is 1.62. The van der Waals surface area contributed by atoms with Gasteiger partial charge in [-0.05, 0) is 30.0 Å². The number of hydrogen-bond acceptors (Lipinski definition) is 2. The molecule has 0 unspecified atom stereocenters. The van der Waals surface area contributed by atoms with Gasteiger partial charge in [-0.25, -0.2) is 9.38 Å². The van der Waals surface area contributed by atoms with Crippen molar-refractivity contribution in [2.45, 2.75) is 24.8 Å². The van der Waals surface area contributed by atoms with Crippen LogP contribution in [0, 0.1) is 5.82 Å². The highest BCUT2D eigenvalue weighted by Gasteiger charge is 2.45. The molecule has 1 amide bonds. The van der Waals surface area contributed by atoms with Crippen molar-refractivity contribution in [2.75, 3.05) is 27.2 Å². The number of carbonyl (C=O) groups excluding carboxylic acids is 1. The lowest BCUT2D eigenvalue weighted by molar-refractivity contribution is -0.127. The predicted molar refractivity (Wildman–Crippen MR) is 110 cm³/mol. The zero-order chi connectivity index (χ0) is 20.0. The topological polar surface area (TPSA) is 56.7 Å². The molecule has 1 saturated carbocycles. The molecule has 2 aromatic carbocycles. The minimum atomic E-state index is -0.202.